The minimum atomic E-state index is -0.165. The number of aromatic nitrogens is 4. The van der Waals surface area contributed by atoms with E-state index < -0.39 is 0 Å². The lowest BCUT2D eigenvalue weighted by Crippen LogP contribution is -2.40. The molecule has 0 unspecified atom stereocenters. The van der Waals surface area contributed by atoms with Gasteiger partial charge in [-0.25, -0.2) is 9.97 Å². The van der Waals surface area contributed by atoms with Crippen LogP contribution in [0.15, 0.2) is 35.5 Å². The van der Waals surface area contributed by atoms with Crippen LogP contribution in [0.3, 0.4) is 0 Å². The first kappa shape index (κ1) is 19.5. The van der Waals surface area contributed by atoms with E-state index in [0.717, 1.165) is 32.4 Å². The summed E-state index contributed by atoms with van der Waals surface area (Å²) in [4.78, 5) is 43.8. The molecule has 1 amide bonds. The Balaban J connectivity index is 1.64. The van der Waals surface area contributed by atoms with Crippen molar-refractivity contribution in [1.29, 1.82) is 0 Å². The lowest BCUT2D eigenvalue weighted by molar-refractivity contribution is 0.0988. The maximum atomic E-state index is 13.7. The van der Waals surface area contributed by atoms with Crippen LogP contribution in [-0.4, -0.2) is 51.1 Å². The van der Waals surface area contributed by atoms with E-state index in [9.17, 15) is 9.59 Å². The molecular weight excluding hydrogens is 394 g/mol. The first-order valence-corrected chi connectivity index (χ1v) is 10.7. The number of anilines is 3. The lowest BCUT2D eigenvalue weighted by Gasteiger charge is -2.27. The van der Waals surface area contributed by atoms with Gasteiger partial charge in [-0.1, -0.05) is 13.0 Å². The first-order chi connectivity index (χ1) is 15.1. The number of hydrogen-bond acceptors (Lipinski definition) is 7. The summed E-state index contributed by atoms with van der Waals surface area (Å²) in [6, 6.07) is 5.57. The molecule has 0 aliphatic carbocycles. The Morgan fingerprint density at radius 3 is 2.94 bits per heavy atom. The molecule has 2 aromatic heterocycles. The Morgan fingerprint density at radius 2 is 2.10 bits per heavy atom. The van der Waals surface area contributed by atoms with E-state index in [2.05, 4.69) is 27.1 Å². The molecule has 9 heteroatoms. The molecule has 1 saturated heterocycles. The number of nitrogens with zero attached hydrogens (tertiary/aromatic N) is 6. The zero-order valence-corrected chi connectivity index (χ0v) is 17.7. The van der Waals surface area contributed by atoms with Gasteiger partial charge in [0.1, 0.15) is 16.9 Å². The molecule has 3 aromatic rings. The monoisotopic (exact) mass is 419 g/mol. The number of rotatable bonds is 4. The van der Waals surface area contributed by atoms with Gasteiger partial charge >= 0.3 is 0 Å². The van der Waals surface area contributed by atoms with Crippen molar-refractivity contribution in [2.45, 2.75) is 32.2 Å². The Morgan fingerprint density at radius 1 is 1.23 bits per heavy atom. The van der Waals surface area contributed by atoms with Gasteiger partial charge in [-0.15, -0.1) is 0 Å². The normalized spacial score (nSPS) is 18.1. The molecule has 1 aromatic carbocycles. The Kier molecular flexibility index (Phi) is 4.80. The highest BCUT2D eigenvalue weighted by molar-refractivity contribution is 6.13. The highest BCUT2D eigenvalue weighted by Gasteiger charge is 2.38. The molecule has 2 aliphatic rings. The fourth-order valence-electron chi connectivity index (χ4n) is 4.46. The number of aryl methyl sites for hydroxylation is 1. The molecule has 160 valence electrons. The van der Waals surface area contributed by atoms with Gasteiger partial charge in [0.15, 0.2) is 0 Å². The molecule has 1 N–H and O–H groups in total. The summed E-state index contributed by atoms with van der Waals surface area (Å²) in [7, 11) is 1.67. The molecule has 31 heavy (non-hydrogen) atoms. The smallest absolute Gasteiger partial charge is 0.263 e. The van der Waals surface area contributed by atoms with E-state index in [0.29, 0.717) is 40.5 Å². The van der Waals surface area contributed by atoms with Crippen molar-refractivity contribution in [1.82, 2.24) is 19.5 Å². The van der Waals surface area contributed by atoms with Gasteiger partial charge in [0.2, 0.25) is 5.95 Å². The summed E-state index contributed by atoms with van der Waals surface area (Å²) in [5, 5.41) is 3.72. The van der Waals surface area contributed by atoms with Gasteiger partial charge < -0.3 is 19.7 Å². The van der Waals surface area contributed by atoms with Crippen molar-refractivity contribution in [3.8, 4) is 0 Å². The van der Waals surface area contributed by atoms with Crippen LogP contribution >= 0.6 is 0 Å². The Bertz CT molecular complexity index is 1220. The van der Waals surface area contributed by atoms with Gasteiger partial charge in [0, 0.05) is 38.9 Å². The number of nitrogens with one attached hydrogen (secondary N) is 1. The van der Waals surface area contributed by atoms with Gasteiger partial charge in [0.25, 0.3) is 11.5 Å². The van der Waals surface area contributed by atoms with E-state index in [-0.39, 0.29) is 17.5 Å². The van der Waals surface area contributed by atoms with Gasteiger partial charge in [-0.2, -0.15) is 4.98 Å². The van der Waals surface area contributed by atoms with E-state index in [4.69, 9.17) is 4.98 Å². The first-order valence-electron chi connectivity index (χ1n) is 10.7. The Hall–Kier alpha value is -3.49. The molecule has 4 heterocycles. The second kappa shape index (κ2) is 7.64. The molecule has 1 atom stereocenters. The number of fused-ring (bicyclic) bond motifs is 4. The molecule has 5 rings (SSSR count). The number of carbonyl (C=O) groups excluding carboxylic acids is 1. The van der Waals surface area contributed by atoms with Crippen molar-refractivity contribution in [3.05, 3.63) is 46.6 Å². The van der Waals surface area contributed by atoms with Crippen molar-refractivity contribution in [3.63, 3.8) is 0 Å². The highest BCUT2D eigenvalue weighted by atomic mass is 16.2. The Labute approximate surface area is 179 Å². The zero-order valence-electron chi connectivity index (χ0n) is 17.7. The molecule has 0 saturated carbocycles. The third-order valence-electron chi connectivity index (χ3n) is 6.04. The predicted octanol–water partition coefficient (Wildman–Crippen LogP) is 2.17. The molecule has 0 radical (unpaired) electrons. The number of hydrogen-bond donors (Lipinski definition) is 1. The largest absolute Gasteiger partial charge is 0.354 e. The average Bonchev–Trinajstić information content (AvgIpc) is 3.22. The number of para-hydroxylation sites is 1. The fraction of sp³-hybridized carbons (Fsp3) is 0.409. The molecule has 0 bridgehead atoms. The van der Waals surface area contributed by atoms with Crippen LogP contribution in [0, 0.1) is 0 Å². The van der Waals surface area contributed by atoms with Crippen molar-refractivity contribution < 1.29 is 4.79 Å². The fourth-order valence-corrected chi connectivity index (χ4v) is 4.46. The zero-order chi connectivity index (χ0) is 21.5. The lowest BCUT2D eigenvalue weighted by atomic mass is 10.1. The predicted molar refractivity (Wildman–Crippen MR) is 120 cm³/mol. The second-order valence-electron chi connectivity index (χ2n) is 8.10. The maximum absolute atomic E-state index is 13.7. The quantitative estimate of drug-likeness (QED) is 0.692. The summed E-state index contributed by atoms with van der Waals surface area (Å²) in [6.07, 6.45) is 6.11. The van der Waals surface area contributed by atoms with Crippen molar-refractivity contribution in [2.75, 3.05) is 34.8 Å². The molecule has 0 spiro atoms. The van der Waals surface area contributed by atoms with Crippen LogP contribution in [0.25, 0.3) is 10.9 Å². The van der Waals surface area contributed by atoms with Crippen LogP contribution in [-0.2, 0) is 7.05 Å². The topological polar surface area (TPSA) is 96.2 Å². The van der Waals surface area contributed by atoms with Crippen LogP contribution in [0.4, 0.5) is 17.5 Å². The van der Waals surface area contributed by atoms with Crippen LogP contribution in [0.2, 0.25) is 0 Å². The SMILES string of the molecule is CCCNc1ncc2c(n1)N1CCC[C@H]1CN(c1cccc3c(=O)n(C)cnc13)C2=O. The maximum Gasteiger partial charge on any atom is 0.263 e. The van der Waals surface area contributed by atoms with Crippen LogP contribution < -0.4 is 20.7 Å². The van der Waals surface area contributed by atoms with E-state index in [1.54, 1.807) is 30.3 Å². The minimum absolute atomic E-state index is 0.132. The standard InChI is InChI=1S/C22H25N7O2/c1-3-9-23-22-24-11-16-19(26-22)28-10-5-6-14(28)12-29(21(16)31)17-8-4-7-15-18(17)25-13-27(2)20(15)30/h4,7-8,11,13-14H,3,5-6,9-10,12H2,1-2H3,(H,23,24,26)/t14-/m0/s1. The van der Waals surface area contributed by atoms with Gasteiger partial charge in [-0.05, 0) is 31.4 Å². The summed E-state index contributed by atoms with van der Waals surface area (Å²) in [5.41, 5.74) is 1.53. The minimum Gasteiger partial charge on any atom is -0.354 e. The highest BCUT2D eigenvalue weighted by Crippen LogP contribution is 2.35. The third kappa shape index (κ3) is 3.20. The number of carbonyl (C=O) groups is 1. The van der Waals surface area contributed by atoms with E-state index in [1.807, 2.05) is 6.07 Å². The summed E-state index contributed by atoms with van der Waals surface area (Å²) in [6.45, 7) is 4.24. The average molecular weight is 419 g/mol. The van der Waals surface area contributed by atoms with Crippen LogP contribution in [0.1, 0.15) is 36.5 Å². The van der Waals surface area contributed by atoms with Crippen molar-refractivity contribution >= 4 is 34.3 Å². The van der Waals surface area contributed by atoms with Crippen molar-refractivity contribution in [2.24, 2.45) is 7.05 Å². The van der Waals surface area contributed by atoms with E-state index >= 15 is 0 Å². The number of benzene rings is 1. The van der Waals surface area contributed by atoms with Crippen LogP contribution in [0.5, 0.6) is 0 Å². The third-order valence-corrected chi connectivity index (χ3v) is 6.04. The molecule has 2 aliphatic heterocycles. The molecule has 1 fully saturated rings. The number of amides is 1. The van der Waals surface area contributed by atoms with E-state index in [1.165, 1.54) is 10.9 Å². The van der Waals surface area contributed by atoms with Gasteiger partial charge in [0.05, 0.1) is 17.4 Å². The summed E-state index contributed by atoms with van der Waals surface area (Å²) in [5.74, 6) is 1.07. The summed E-state index contributed by atoms with van der Waals surface area (Å²) < 4.78 is 1.45. The molecular formula is C22H25N7O2. The summed E-state index contributed by atoms with van der Waals surface area (Å²) >= 11 is 0. The molecule has 9 nitrogen and oxygen atoms in total. The second-order valence-corrected chi connectivity index (χ2v) is 8.10. The van der Waals surface area contributed by atoms with Gasteiger partial charge in [-0.3, -0.25) is 9.59 Å².